The van der Waals surface area contributed by atoms with Crippen molar-refractivity contribution in [3.05, 3.63) is 27.8 Å². The van der Waals surface area contributed by atoms with Crippen LogP contribution in [0.5, 0.6) is 0 Å². The molecule has 2 rings (SSSR count). The molecule has 0 fully saturated rings. The first-order valence-electron chi connectivity index (χ1n) is 6.04. The Bertz CT molecular complexity index is 549. The fourth-order valence-electron chi connectivity index (χ4n) is 1.89. The van der Waals surface area contributed by atoms with Crippen LogP contribution in [-0.2, 0) is 11.2 Å². The van der Waals surface area contributed by atoms with Gasteiger partial charge < -0.3 is 15.5 Å². The maximum Gasteiger partial charge on any atom is 0.284 e. The van der Waals surface area contributed by atoms with Crippen molar-refractivity contribution in [3.8, 4) is 0 Å². The minimum Gasteiger partial charge on any atom is -0.394 e. The molecule has 0 aromatic heterocycles. The number of carbonyl (C=O) groups is 1. The Morgan fingerprint density at radius 2 is 2.20 bits per heavy atom. The number of aliphatic hydroxyl groups excluding tert-OH is 2. The summed E-state index contributed by atoms with van der Waals surface area (Å²) in [5, 5.41) is 31.8. The van der Waals surface area contributed by atoms with E-state index in [-0.39, 0.29) is 24.0 Å². The van der Waals surface area contributed by atoms with Crippen LogP contribution in [0.1, 0.15) is 12.0 Å². The molecule has 0 saturated carbocycles. The number of benzene rings is 1. The molecule has 108 valence electrons. The lowest BCUT2D eigenvalue weighted by molar-refractivity contribution is -0.387. The van der Waals surface area contributed by atoms with Gasteiger partial charge in [-0.2, -0.15) is 0 Å². The van der Waals surface area contributed by atoms with Crippen LogP contribution in [-0.4, -0.2) is 39.5 Å². The van der Waals surface area contributed by atoms with Crippen molar-refractivity contribution in [1.29, 1.82) is 0 Å². The van der Waals surface area contributed by atoms with Crippen molar-refractivity contribution in [3.63, 3.8) is 0 Å². The van der Waals surface area contributed by atoms with Gasteiger partial charge in [-0.3, -0.25) is 14.9 Å². The lowest BCUT2D eigenvalue weighted by atomic mass is 10.0. The Morgan fingerprint density at radius 1 is 1.45 bits per heavy atom. The fraction of sp³-hybridized carbons (Fsp3) is 0.417. The van der Waals surface area contributed by atoms with E-state index < -0.39 is 11.0 Å². The summed E-state index contributed by atoms with van der Waals surface area (Å²) in [6, 6.07) is 3.02. The molecule has 1 amide bonds. The summed E-state index contributed by atoms with van der Waals surface area (Å²) in [7, 11) is 0. The van der Waals surface area contributed by atoms with E-state index in [1.165, 1.54) is 6.07 Å². The molecule has 20 heavy (non-hydrogen) atoms. The first kappa shape index (κ1) is 14.8. The van der Waals surface area contributed by atoms with E-state index in [1.807, 2.05) is 0 Å². The van der Waals surface area contributed by atoms with Crippen LogP contribution in [0.2, 0.25) is 0 Å². The Labute approximate surface area is 119 Å². The molecule has 0 aliphatic carbocycles. The number of nitro groups is 1. The normalized spacial score (nSPS) is 15.4. The maximum atomic E-state index is 11.3. The molecule has 0 radical (unpaired) electrons. The number of rotatable bonds is 5. The molecular formula is C12H14N2O5S. The zero-order valence-electron chi connectivity index (χ0n) is 10.5. The van der Waals surface area contributed by atoms with Crippen molar-refractivity contribution in [2.24, 2.45) is 0 Å². The summed E-state index contributed by atoms with van der Waals surface area (Å²) in [6.07, 6.45) is -0.0287. The molecule has 1 unspecified atom stereocenters. The number of carbonyl (C=O) groups excluding carboxylic acids is 1. The molecule has 1 aromatic rings. The van der Waals surface area contributed by atoms with Crippen molar-refractivity contribution >= 4 is 29.0 Å². The van der Waals surface area contributed by atoms with Crippen LogP contribution < -0.4 is 5.32 Å². The number of fused-ring (bicyclic) bond motifs is 1. The number of aryl methyl sites for hydroxylation is 1. The number of nitrogens with one attached hydrogen (secondary N) is 1. The van der Waals surface area contributed by atoms with Crippen LogP contribution in [0.15, 0.2) is 17.0 Å². The SMILES string of the molecule is O=C1CCc2cc(SCC(O)CO)c([N+](=O)[O-])cc2N1. The standard InChI is InChI=1S/C12H14N2O5S/c15-5-8(16)6-20-11-3-7-1-2-12(17)13-9(7)4-10(11)14(18)19/h3-4,8,15-16H,1-2,5-6H2,(H,13,17). The minimum atomic E-state index is -0.921. The third-order valence-electron chi connectivity index (χ3n) is 2.92. The fourth-order valence-corrected chi connectivity index (χ4v) is 2.88. The second-order valence-corrected chi connectivity index (χ2v) is 5.49. The predicted octanol–water partition coefficient (Wildman–Crippen LogP) is 0.925. The van der Waals surface area contributed by atoms with Gasteiger partial charge in [0.05, 0.1) is 28.2 Å². The van der Waals surface area contributed by atoms with Crippen LogP contribution in [0.25, 0.3) is 0 Å². The van der Waals surface area contributed by atoms with Crippen molar-refractivity contribution in [1.82, 2.24) is 0 Å². The van der Waals surface area contributed by atoms with E-state index in [2.05, 4.69) is 5.32 Å². The van der Waals surface area contributed by atoms with Gasteiger partial charge in [0.1, 0.15) is 0 Å². The first-order chi connectivity index (χ1) is 9.51. The van der Waals surface area contributed by atoms with Gasteiger partial charge in [0.25, 0.3) is 5.69 Å². The molecule has 1 aromatic carbocycles. The highest BCUT2D eigenvalue weighted by Crippen LogP contribution is 2.36. The molecule has 0 spiro atoms. The van der Waals surface area contributed by atoms with E-state index in [0.29, 0.717) is 23.4 Å². The summed E-state index contributed by atoms with van der Waals surface area (Å²) >= 11 is 1.12. The topological polar surface area (TPSA) is 113 Å². The third-order valence-corrected chi connectivity index (χ3v) is 4.11. The summed E-state index contributed by atoms with van der Waals surface area (Å²) in [6.45, 7) is -0.387. The van der Waals surface area contributed by atoms with Crippen LogP contribution in [0.3, 0.4) is 0 Å². The van der Waals surface area contributed by atoms with E-state index in [4.69, 9.17) is 5.11 Å². The minimum absolute atomic E-state index is 0.110. The highest BCUT2D eigenvalue weighted by atomic mass is 32.2. The van der Waals surface area contributed by atoms with E-state index >= 15 is 0 Å². The number of anilines is 1. The summed E-state index contributed by atoms with van der Waals surface area (Å²) < 4.78 is 0. The van der Waals surface area contributed by atoms with Gasteiger partial charge in [0.2, 0.25) is 5.91 Å². The number of nitrogens with zero attached hydrogens (tertiary/aromatic N) is 1. The molecule has 0 bridgehead atoms. The second kappa shape index (κ2) is 6.21. The Morgan fingerprint density at radius 3 is 2.85 bits per heavy atom. The number of thioether (sulfide) groups is 1. The van der Waals surface area contributed by atoms with Crippen LogP contribution in [0, 0.1) is 10.1 Å². The lowest BCUT2D eigenvalue weighted by Crippen LogP contribution is -2.19. The van der Waals surface area contributed by atoms with Gasteiger partial charge in [-0.15, -0.1) is 11.8 Å². The van der Waals surface area contributed by atoms with Gasteiger partial charge in [0.15, 0.2) is 0 Å². The first-order valence-corrected chi connectivity index (χ1v) is 7.02. The summed E-state index contributed by atoms with van der Waals surface area (Å²) in [4.78, 5) is 22.3. The Kier molecular flexibility index (Phi) is 4.58. The van der Waals surface area contributed by atoms with E-state index in [9.17, 15) is 20.0 Å². The zero-order valence-corrected chi connectivity index (χ0v) is 11.4. The average Bonchev–Trinajstić information content (AvgIpc) is 2.43. The van der Waals surface area contributed by atoms with Crippen LogP contribution in [0.4, 0.5) is 11.4 Å². The summed E-state index contributed by atoms with van der Waals surface area (Å²) in [5.41, 5.74) is 1.21. The summed E-state index contributed by atoms with van der Waals surface area (Å²) in [5.74, 6) is 0.0190. The van der Waals surface area contributed by atoms with Gasteiger partial charge in [-0.1, -0.05) is 0 Å². The van der Waals surface area contributed by atoms with Crippen molar-refractivity contribution in [2.45, 2.75) is 23.8 Å². The second-order valence-electron chi connectivity index (χ2n) is 4.43. The number of hydrogen-bond donors (Lipinski definition) is 3. The van der Waals surface area contributed by atoms with Gasteiger partial charge in [-0.05, 0) is 18.1 Å². The Hall–Kier alpha value is -1.64. The molecule has 3 N–H and O–H groups in total. The molecule has 0 saturated heterocycles. The van der Waals surface area contributed by atoms with Gasteiger partial charge in [0, 0.05) is 18.2 Å². The Balaban J connectivity index is 2.30. The van der Waals surface area contributed by atoms with Gasteiger partial charge in [-0.25, -0.2) is 0 Å². The number of amides is 1. The average molecular weight is 298 g/mol. The molecule has 1 heterocycles. The monoisotopic (exact) mass is 298 g/mol. The number of aliphatic hydroxyl groups is 2. The van der Waals surface area contributed by atoms with Crippen LogP contribution >= 0.6 is 11.8 Å². The van der Waals surface area contributed by atoms with Crippen molar-refractivity contribution in [2.75, 3.05) is 17.7 Å². The van der Waals surface area contributed by atoms with E-state index in [0.717, 1.165) is 17.3 Å². The van der Waals surface area contributed by atoms with E-state index in [1.54, 1.807) is 6.07 Å². The smallest absolute Gasteiger partial charge is 0.284 e. The molecule has 7 nitrogen and oxygen atoms in total. The predicted molar refractivity (Wildman–Crippen MR) is 73.9 cm³/mol. The molecule has 1 aliphatic rings. The maximum absolute atomic E-state index is 11.3. The number of hydrogen-bond acceptors (Lipinski definition) is 6. The number of nitro benzene ring substituents is 1. The van der Waals surface area contributed by atoms with Crippen molar-refractivity contribution < 1.29 is 19.9 Å². The molecule has 1 aliphatic heterocycles. The largest absolute Gasteiger partial charge is 0.394 e. The molecular weight excluding hydrogens is 284 g/mol. The zero-order chi connectivity index (χ0) is 14.7. The molecule has 1 atom stereocenters. The quantitative estimate of drug-likeness (QED) is 0.423. The molecule has 8 heteroatoms. The highest BCUT2D eigenvalue weighted by Gasteiger charge is 2.23. The third kappa shape index (κ3) is 3.27. The lowest BCUT2D eigenvalue weighted by Gasteiger charge is -2.18. The highest BCUT2D eigenvalue weighted by molar-refractivity contribution is 7.99. The van der Waals surface area contributed by atoms with Gasteiger partial charge >= 0.3 is 0 Å².